The van der Waals surface area contributed by atoms with E-state index in [1.807, 2.05) is 4.90 Å². The van der Waals surface area contributed by atoms with Crippen LogP contribution in [-0.4, -0.2) is 41.3 Å². The van der Waals surface area contributed by atoms with Crippen LogP contribution < -0.4 is 0 Å². The minimum absolute atomic E-state index is 0.0212. The lowest BCUT2D eigenvalue weighted by molar-refractivity contribution is -0.0755. The number of carbonyl (C=O) groups is 1. The summed E-state index contributed by atoms with van der Waals surface area (Å²) in [5.74, 6) is 0.652. The van der Waals surface area contributed by atoms with Crippen LogP contribution in [0.2, 0.25) is 0 Å². The molecule has 1 aliphatic heterocycles. The third kappa shape index (κ3) is 2.03. The molecule has 0 bridgehead atoms. The van der Waals surface area contributed by atoms with Crippen molar-refractivity contribution in [2.24, 2.45) is 0 Å². The van der Waals surface area contributed by atoms with E-state index >= 15 is 0 Å². The number of amides is 1. The van der Waals surface area contributed by atoms with Crippen molar-refractivity contribution in [1.29, 1.82) is 0 Å². The highest BCUT2D eigenvalue weighted by Crippen LogP contribution is 2.29. The minimum atomic E-state index is -0.0212. The number of ether oxygens (including phenoxy) is 1. The first-order valence-corrected chi connectivity index (χ1v) is 6.61. The molecular formula is C13H18N2O3. The van der Waals surface area contributed by atoms with Gasteiger partial charge in [0.05, 0.1) is 18.8 Å². The third-order valence-corrected chi connectivity index (χ3v) is 3.84. The molecule has 2 fully saturated rings. The van der Waals surface area contributed by atoms with Crippen LogP contribution in [0.4, 0.5) is 0 Å². The monoisotopic (exact) mass is 250 g/mol. The zero-order valence-corrected chi connectivity index (χ0v) is 10.6. The summed E-state index contributed by atoms with van der Waals surface area (Å²) in [4.78, 5) is 14.3. The molecule has 0 unspecified atom stereocenters. The summed E-state index contributed by atoms with van der Waals surface area (Å²) < 4.78 is 10.7. The van der Waals surface area contributed by atoms with E-state index in [0.717, 1.165) is 12.8 Å². The van der Waals surface area contributed by atoms with Crippen LogP contribution in [-0.2, 0) is 4.74 Å². The zero-order valence-electron chi connectivity index (χ0n) is 10.6. The average molecular weight is 250 g/mol. The maximum atomic E-state index is 12.4. The summed E-state index contributed by atoms with van der Waals surface area (Å²) in [5, 5.41) is 3.82. The van der Waals surface area contributed by atoms with Gasteiger partial charge >= 0.3 is 0 Å². The molecule has 0 aromatic carbocycles. The van der Waals surface area contributed by atoms with E-state index in [1.54, 1.807) is 13.0 Å². The average Bonchev–Trinajstić information content (AvgIpc) is 2.84. The highest BCUT2D eigenvalue weighted by Gasteiger charge is 2.37. The van der Waals surface area contributed by atoms with Crippen LogP contribution >= 0.6 is 0 Å². The molecule has 2 heterocycles. The summed E-state index contributed by atoms with van der Waals surface area (Å²) in [6.45, 7) is 3.09. The summed E-state index contributed by atoms with van der Waals surface area (Å²) in [7, 11) is 0. The van der Waals surface area contributed by atoms with Crippen molar-refractivity contribution in [3.8, 4) is 0 Å². The normalized spacial score (nSPS) is 27.9. The van der Waals surface area contributed by atoms with Gasteiger partial charge in [-0.1, -0.05) is 18.0 Å². The summed E-state index contributed by atoms with van der Waals surface area (Å²) >= 11 is 0. The lowest BCUT2D eigenvalue weighted by atomic mass is 9.90. The lowest BCUT2D eigenvalue weighted by Gasteiger charge is -2.43. The molecule has 1 saturated heterocycles. The summed E-state index contributed by atoms with van der Waals surface area (Å²) in [6.07, 6.45) is 4.68. The van der Waals surface area contributed by atoms with Gasteiger partial charge < -0.3 is 14.2 Å². The number of aryl methyl sites for hydroxylation is 1. The zero-order chi connectivity index (χ0) is 12.5. The van der Waals surface area contributed by atoms with E-state index in [2.05, 4.69) is 5.16 Å². The lowest BCUT2D eigenvalue weighted by Crippen LogP contribution is -2.54. The number of carbonyl (C=O) groups excluding carboxylic acids is 1. The fourth-order valence-electron chi connectivity index (χ4n) is 2.96. The van der Waals surface area contributed by atoms with Gasteiger partial charge in [0.2, 0.25) is 0 Å². The second kappa shape index (κ2) is 4.72. The molecule has 5 heteroatoms. The summed E-state index contributed by atoms with van der Waals surface area (Å²) in [6, 6.07) is 1.92. The predicted molar refractivity (Wildman–Crippen MR) is 64.3 cm³/mol. The topological polar surface area (TPSA) is 55.6 Å². The number of nitrogens with zero attached hydrogens (tertiary/aromatic N) is 2. The van der Waals surface area contributed by atoms with Gasteiger partial charge in [0, 0.05) is 12.6 Å². The van der Waals surface area contributed by atoms with Crippen molar-refractivity contribution in [3.05, 3.63) is 17.5 Å². The van der Waals surface area contributed by atoms with E-state index in [0.29, 0.717) is 24.6 Å². The first-order valence-electron chi connectivity index (χ1n) is 6.61. The smallest absolute Gasteiger partial charge is 0.276 e. The van der Waals surface area contributed by atoms with Crippen molar-refractivity contribution < 1.29 is 14.1 Å². The SMILES string of the molecule is Cc1cc(C(=O)N2CCO[C@H]3CCCC[C@@H]32)no1. The van der Waals surface area contributed by atoms with Gasteiger partial charge in [-0.05, 0) is 19.8 Å². The van der Waals surface area contributed by atoms with Crippen LogP contribution in [0.1, 0.15) is 41.9 Å². The standard InChI is InChI=1S/C13H18N2O3/c1-9-8-10(14-18-9)13(16)15-6-7-17-12-5-3-2-4-11(12)15/h8,11-12H,2-7H2,1H3/t11-,12-/m0/s1. The molecule has 1 aliphatic carbocycles. The highest BCUT2D eigenvalue weighted by molar-refractivity contribution is 5.92. The number of morpholine rings is 1. The molecule has 3 rings (SSSR count). The molecule has 0 radical (unpaired) electrons. The first-order chi connectivity index (χ1) is 8.75. The molecule has 1 aromatic rings. The first kappa shape index (κ1) is 11.7. The van der Waals surface area contributed by atoms with Crippen LogP contribution in [0, 0.1) is 6.92 Å². The van der Waals surface area contributed by atoms with Gasteiger partial charge in [-0.25, -0.2) is 0 Å². The number of hydrogen-bond donors (Lipinski definition) is 0. The van der Waals surface area contributed by atoms with Crippen LogP contribution in [0.15, 0.2) is 10.6 Å². The molecular weight excluding hydrogens is 232 g/mol. The number of fused-ring (bicyclic) bond motifs is 1. The predicted octanol–water partition coefficient (Wildman–Crippen LogP) is 1.77. The molecule has 0 N–H and O–H groups in total. The number of hydrogen-bond acceptors (Lipinski definition) is 4. The van der Waals surface area contributed by atoms with Crippen LogP contribution in [0.5, 0.6) is 0 Å². The highest BCUT2D eigenvalue weighted by atomic mass is 16.5. The second-order valence-electron chi connectivity index (χ2n) is 5.08. The largest absolute Gasteiger partial charge is 0.374 e. The van der Waals surface area contributed by atoms with E-state index in [1.165, 1.54) is 12.8 Å². The Balaban J connectivity index is 1.79. The maximum Gasteiger partial charge on any atom is 0.276 e. The Bertz CT molecular complexity index is 441. The van der Waals surface area contributed by atoms with E-state index in [4.69, 9.17) is 9.26 Å². The van der Waals surface area contributed by atoms with Gasteiger partial charge in [-0.2, -0.15) is 0 Å². The molecule has 5 nitrogen and oxygen atoms in total. The molecule has 18 heavy (non-hydrogen) atoms. The van der Waals surface area contributed by atoms with Gasteiger partial charge in [0.1, 0.15) is 5.76 Å². The third-order valence-electron chi connectivity index (χ3n) is 3.84. The molecule has 1 saturated carbocycles. The fraction of sp³-hybridized carbons (Fsp3) is 0.692. The van der Waals surface area contributed by atoms with Crippen molar-refractivity contribution in [2.75, 3.05) is 13.2 Å². The summed E-state index contributed by atoms with van der Waals surface area (Å²) in [5.41, 5.74) is 0.415. The van der Waals surface area contributed by atoms with Gasteiger partial charge in [0.25, 0.3) is 5.91 Å². The van der Waals surface area contributed by atoms with Gasteiger partial charge in [-0.15, -0.1) is 0 Å². The second-order valence-corrected chi connectivity index (χ2v) is 5.08. The van der Waals surface area contributed by atoms with Crippen molar-refractivity contribution in [3.63, 3.8) is 0 Å². The fourth-order valence-corrected chi connectivity index (χ4v) is 2.96. The molecule has 1 aromatic heterocycles. The Labute approximate surface area is 106 Å². The van der Waals surface area contributed by atoms with Crippen molar-refractivity contribution in [1.82, 2.24) is 10.1 Å². The van der Waals surface area contributed by atoms with Crippen LogP contribution in [0.3, 0.4) is 0 Å². The Hall–Kier alpha value is -1.36. The van der Waals surface area contributed by atoms with Crippen LogP contribution in [0.25, 0.3) is 0 Å². The van der Waals surface area contributed by atoms with E-state index < -0.39 is 0 Å². The van der Waals surface area contributed by atoms with Crippen molar-refractivity contribution in [2.45, 2.75) is 44.8 Å². The Morgan fingerprint density at radius 2 is 2.28 bits per heavy atom. The molecule has 2 aliphatic rings. The minimum Gasteiger partial charge on any atom is -0.374 e. The van der Waals surface area contributed by atoms with E-state index in [9.17, 15) is 4.79 Å². The molecule has 0 spiro atoms. The molecule has 98 valence electrons. The van der Waals surface area contributed by atoms with Gasteiger partial charge in [-0.3, -0.25) is 4.79 Å². The molecule has 1 amide bonds. The quantitative estimate of drug-likeness (QED) is 0.762. The van der Waals surface area contributed by atoms with Gasteiger partial charge in [0.15, 0.2) is 5.69 Å². The van der Waals surface area contributed by atoms with Crippen molar-refractivity contribution >= 4 is 5.91 Å². The Morgan fingerprint density at radius 3 is 3.06 bits per heavy atom. The number of rotatable bonds is 1. The van der Waals surface area contributed by atoms with E-state index in [-0.39, 0.29) is 18.1 Å². The Kier molecular flexibility index (Phi) is 3.07. The molecule has 2 atom stereocenters. The Morgan fingerprint density at radius 1 is 1.44 bits per heavy atom. The maximum absolute atomic E-state index is 12.4. The number of aromatic nitrogens is 1.